The molecule has 2 atom stereocenters. The molecule has 0 fully saturated rings. The van der Waals surface area contributed by atoms with Crippen molar-refractivity contribution < 1.29 is 33.3 Å². The minimum absolute atomic E-state index is 0.0905. The fourth-order valence-electron chi connectivity index (χ4n) is 2.96. The lowest BCUT2D eigenvalue weighted by molar-refractivity contribution is -0.207. The van der Waals surface area contributed by atoms with Crippen LogP contribution < -0.4 is 5.69 Å². The zero-order chi connectivity index (χ0) is 24.7. The number of alkyl halides is 3. The summed E-state index contributed by atoms with van der Waals surface area (Å²) in [5, 5.41) is 37.3. The molecule has 0 radical (unpaired) electrons. The lowest BCUT2D eigenvalue weighted by atomic mass is 10.1. The number of benzene rings is 1. The van der Waals surface area contributed by atoms with Gasteiger partial charge in [0.15, 0.2) is 17.8 Å². The molecule has 33 heavy (non-hydrogen) atoms. The number of rotatable bonds is 7. The molecular formula is C17H17AlClF3N6O5. The highest BCUT2D eigenvalue weighted by Gasteiger charge is 2.40. The van der Waals surface area contributed by atoms with Crippen molar-refractivity contribution in [3.63, 3.8) is 0 Å². The Hall–Kier alpha value is -2.70. The zero-order valence-electron chi connectivity index (χ0n) is 17.2. The molecule has 176 valence electrons. The van der Waals surface area contributed by atoms with Crippen LogP contribution in [0.2, 0.25) is 5.02 Å². The van der Waals surface area contributed by atoms with Crippen LogP contribution in [0.15, 0.2) is 29.1 Å². The van der Waals surface area contributed by atoms with Crippen molar-refractivity contribution in [3.8, 4) is 11.4 Å². The lowest BCUT2D eigenvalue weighted by Gasteiger charge is -2.16. The van der Waals surface area contributed by atoms with Crippen molar-refractivity contribution in [1.82, 2.24) is 28.1 Å². The van der Waals surface area contributed by atoms with Crippen LogP contribution in [-0.2, 0) is 23.5 Å². The van der Waals surface area contributed by atoms with E-state index in [4.69, 9.17) is 11.6 Å². The van der Waals surface area contributed by atoms with Crippen molar-refractivity contribution in [3.05, 3.63) is 51.4 Å². The minimum Gasteiger partial charge on any atom is -0.479 e. The van der Waals surface area contributed by atoms with Crippen LogP contribution >= 0.6 is 11.6 Å². The molecule has 0 aliphatic rings. The highest BCUT2D eigenvalue weighted by Crippen LogP contribution is 2.24. The van der Waals surface area contributed by atoms with Crippen molar-refractivity contribution in [2.24, 2.45) is 0 Å². The molecule has 0 saturated carbocycles. The van der Waals surface area contributed by atoms with Gasteiger partial charge in [0, 0.05) is 10.6 Å². The van der Waals surface area contributed by atoms with Gasteiger partial charge in [-0.05, 0) is 31.2 Å². The SMILES string of the molecule is CC(O)(C(=O)O)c1nc(Cn2nc(-c3ccc(Cl)cc3)n(CC(O)C(F)(F)F)c2=O)n[n]1[AlH2]. The fourth-order valence-corrected chi connectivity index (χ4v) is 3.85. The predicted octanol–water partition coefficient (Wildman–Crippen LogP) is -0.384. The van der Waals surface area contributed by atoms with Crippen molar-refractivity contribution in [2.75, 3.05) is 0 Å². The number of carbonyl (C=O) groups is 1. The molecule has 0 amide bonds. The monoisotopic (exact) mass is 504 g/mol. The third-order valence-electron chi connectivity index (χ3n) is 4.71. The highest BCUT2D eigenvalue weighted by molar-refractivity contribution is 6.30. The Labute approximate surface area is 196 Å². The third kappa shape index (κ3) is 5.12. The van der Waals surface area contributed by atoms with Crippen LogP contribution in [-0.4, -0.2) is 78.2 Å². The van der Waals surface area contributed by atoms with E-state index >= 15 is 0 Å². The summed E-state index contributed by atoms with van der Waals surface area (Å²) in [6.45, 7) is -0.524. The normalized spacial score (nSPS) is 14.8. The Bertz CT molecular complexity index is 1240. The molecule has 0 aliphatic heterocycles. The maximum Gasteiger partial charge on any atom is 0.416 e. The Morgan fingerprint density at radius 3 is 2.39 bits per heavy atom. The van der Waals surface area contributed by atoms with Crippen LogP contribution in [0.5, 0.6) is 0 Å². The van der Waals surface area contributed by atoms with Crippen LogP contribution in [0, 0.1) is 0 Å². The Kier molecular flexibility index (Phi) is 6.74. The first kappa shape index (κ1) is 24.9. The Morgan fingerprint density at radius 2 is 1.85 bits per heavy atom. The van der Waals surface area contributed by atoms with E-state index in [0.717, 1.165) is 15.3 Å². The minimum atomic E-state index is -4.97. The molecule has 0 bridgehead atoms. The van der Waals surface area contributed by atoms with E-state index in [2.05, 4.69) is 15.2 Å². The van der Waals surface area contributed by atoms with E-state index in [0.29, 0.717) is 9.59 Å². The number of hydrogen-bond donors (Lipinski definition) is 3. The molecule has 2 heterocycles. The van der Waals surface area contributed by atoms with Gasteiger partial charge < -0.3 is 19.0 Å². The number of halogens is 4. The maximum atomic E-state index is 12.9. The number of aliphatic hydroxyl groups excluding tert-OH is 1. The summed E-state index contributed by atoms with van der Waals surface area (Å²) >= 11 is 5.99. The second-order valence-electron chi connectivity index (χ2n) is 7.29. The van der Waals surface area contributed by atoms with Crippen LogP contribution in [0.1, 0.15) is 18.6 Å². The van der Waals surface area contributed by atoms with Gasteiger partial charge in [0.2, 0.25) is 5.60 Å². The number of hydrogen-bond acceptors (Lipinski definition) is 7. The number of carboxylic acid groups (broad SMARTS) is 1. The second kappa shape index (κ2) is 8.92. The van der Waals surface area contributed by atoms with Gasteiger partial charge in [-0.25, -0.2) is 19.3 Å². The molecule has 11 nitrogen and oxygen atoms in total. The molecule has 2 unspecified atom stereocenters. The number of carboxylic acids is 1. The topological polar surface area (TPSA) is 148 Å². The van der Waals surface area contributed by atoms with Gasteiger partial charge in [-0.15, -0.1) is 5.10 Å². The summed E-state index contributed by atoms with van der Waals surface area (Å²) in [5.74, 6) is -2.09. The molecule has 2 aromatic heterocycles. The van der Waals surface area contributed by atoms with Crippen molar-refractivity contribution >= 4 is 34.1 Å². The number of aliphatic hydroxyl groups is 2. The standard InChI is InChI=1S/C17H16ClF3N6O5.Al.2H/c1-16(32,14(29)30)13-22-11(23-24-13)7-27-15(31)26(6-10(28)17(19,20)21)12(25-27)8-2-4-9(18)5-3-8;;;/h2-5,10,28,32H,6-7H2,1H3,(H2,22,23,24,29,30);;;/q;+1;;/p-1. The molecule has 3 rings (SSSR count). The van der Waals surface area contributed by atoms with Crippen molar-refractivity contribution in [1.29, 1.82) is 0 Å². The van der Waals surface area contributed by atoms with Gasteiger partial charge in [0.05, 0.1) is 6.54 Å². The molecule has 16 heteroatoms. The fraction of sp³-hybridized carbons (Fsp3) is 0.353. The summed E-state index contributed by atoms with van der Waals surface area (Å²) < 4.78 is 41.4. The largest absolute Gasteiger partial charge is 0.479 e. The molecule has 0 spiro atoms. The summed E-state index contributed by atoms with van der Waals surface area (Å²) in [6.07, 6.45) is -7.79. The summed E-state index contributed by atoms with van der Waals surface area (Å²) in [4.78, 5) is 28.1. The Morgan fingerprint density at radius 1 is 1.24 bits per heavy atom. The van der Waals surface area contributed by atoms with E-state index in [9.17, 15) is 38.1 Å². The predicted molar refractivity (Wildman–Crippen MR) is 109 cm³/mol. The van der Waals surface area contributed by atoms with Gasteiger partial charge in [0.1, 0.15) is 12.4 Å². The zero-order valence-corrected chi connectivity index (χ0v) is 19.9. The second-order valence-corrected chi connectivity index (χ2v) is 8.57. The summed E-state index contributed by atoms with van der Waals surface area (Å²) in [5.41, 5.74) is -3.07. The van der Waals surface area contributed by atoms with Crippen LogP contribution in [0.3, 0.4) is 0 Å². The smallest absolute Gasteiger partial charge is 0.416 e. The van der Waals surface area contributed by atoms with E-state index in [1.165, 1.54) is 24.3 Å². The van der Waals surface area contributed by atoms with Crippen molar-refractivity contribution in [2.45, 2.75) is 37.9 Å². The van der Waals surface area contributed by atoms with Crippen LogP contribution in [0.25, 0.3) is 11.4 Å². The van der Waals surface area contributed by atoms with Gasteiger partial charge in [0.25, 0.3) is 0 Å². The van der Waals surface area contributed by atoms with Gasteiger partial charge in [-0.1, -0.05) is 11.6 Å². The molecular weight excluding hydrogens is 488 g/mol. The summed E-state index contributed by atoms with van der Waals surface area (Å²) in [7, 11) is 0. The highest BCUT2D eigenvalue weighted by atomic mass is 35.5. The molecule has 3 aromatic rings. The molecule has 3 N–H and O–H groups in total. The first-order chi connectivity index (χ1) is 15.2. The first-order valence-electron chi connectivity index (χ1n) is 9.26. The van der Waals surface area contributed by atoms with Crippen LogP contribution in [0.4, 0.5) is 13.2 Å². The molecule has 0 aliphatic carbocycles. The van der Waals surface area contributed by atoms with E-state index < -0.39 is 42.6 Å². The molecule has 0 saturated heterocycles. The van der Waals surface area contributed by atoms with E-state index in [1.807, 2.05) is 0 Å². The Balaban J connectivity index is 2.05. The number of nitrogens with zero attached hydrogens (tertiary/aromatic N) is 6. The lowest BCUT2D eigenvalue weighted by Crippen LogP contribution is -2.37. The van der Waals surface area contributed by atoms with Gasteiger partial charge in [-0.2, -0.15) is 18.3 Å². The third-order valence-corrected chi connectivity index (χ3v) is 5.58. The average molecular weight is 505 g/mol. The van der Waals surface area contributed by atoms with Gasteiger partial charge >= 0.3 is 34.3 Å². The van der Waals surface area contributed by atoms with E-state index in [1.54, 1.807) is 0 Å². The van der Waals surface area contributed by atoms with E-state index in [-0.39, 0.29) is 39.5 Å². The average Bonchev–Trinajstić information content (AvgIpc) is 3.23. The first-order valence-corrected chi connectivity index (χ1v) is 10.5. The molecule has 1 aromatic carbocycles. The van der Waals surface area contributed by atoms with Gasteiger partial charge in [-0.3, -0.25) is 4.57 Å². The quantitative estimate of drug-likeness (QED) is 0.369. The maximum absolute atomic E-state index is 12.9. The number of aromatic nitrogens is 6. The summed E-state index contributed by atoms with van der Waals surface area (Å²) in [6, 6.07) is 5.79. The number of aliphatic carboxylic acids is 1.